The van der Waals surface area contributed by atoms with Crippen LogP contribution in [0.5, 0.6) is 0 Å². The highest BCUT2D eigenvalue weighted by molar-refractivity contribution is 9.10. The van der Waals surface area contributed by atoms with E-state index in [0.29, 0.717) is 12.1 Å². The Balaban J connectivity index is 2.31. The number of nitrogens with two attached hydrogens (primary N) is 1. The second-order valence-corrected chi connectivity index (χ2v) is 6.87. The number of nitrogens with zero attached hydrogens (tertiary/aromatic N) is 1. The topological polar surface area (TPSA) is 29.3 Å². The monoisotopic (exact) mass is 324 g/mol. The zero-order chi connectivity index (χ0) is 14.0. The van der Waals surface area contributed by atoms with Crippen molar-refractivity contribution >= 4 is 15.9 Å². The van der Waals surface area contributed by atoms with Gasteiger partial charge >= 0.3 is 0 Å². The zero-order valence-corrected chi connectivity index (χ0v) is 13.7. The van der Waals surface area contributed by atoms with Gasteiger partial charge in [0.1, 0.15) is 0 Å². The average Bonchev–Trinajstić information content (AvgIpc) is 2.69. The molecular weight excluding hydrogens is 300 g/mol. The van der Waals surface area contributed by atoms with Crippen LogP contribution in [0.1, 0.15) is 45.2 Å². The molecule has 1 fully saturated rings. The van der Waals surface area contributed by atoms with Gasteiger partial charge in [0.05, 0.1) is 6.04 Å². The molecule has 1 aliphatic rings. The molecule has 1 aromatic carbocycles. The summed E-state index contributed by atoms with van der Waals surface area (Å²) in [5.74, 6) is 0.772. The Labute approximate surface area is 125 Å². The number of benzene rings is 1. The molecule has 0 radical (unpaired) electrons. The molecule has 0 spiro atoms. The summed E-state index contributed by atoms with van der Waals surface area (Å²) < 4.78 is 1.14. The molecule has 106 valence electrons. The van der Waals surface area contributed by atoms with E-state index in [1.807, 2.05) is 0 Å². The molecular formula is C16H25BrN2. The van der Waals surface area contributed by atoms with Gasteiger partial charge in [0, 0.05) is 23.1 Å². The zero-order valence-electron chi connectivity index (χ0n) is 12.1. The molecule has 19 heavy (non-hydrogen) atoms. The largest absolute Gasteiger partial charge is 0.326 e. The maximum atomic E-state index is 6.43. The van der Waals surface area contributed by atoms with Gasteiger partial charge in [-0.2, -0.15) is 0 Å². The van der Waals surface area contributed by atoms with Gasteiger partial charge < -0.3 is 5.73 Å². The van der Waals surface area contributed by atoms with E-state index in [9.17, 15) is 0 Å². The number of hydrogen-bond donors (Lipinski definition) is 1. The van der Waals surface area contributed by atoms with E-state index in [4.69, 9.17) is 5.73 Å². The highest BCUT2D eigenvalue weighted by Gasteiger charge is 2.35. The standard InChI is InChI=1S/C16H25BrN2/c1-4-15(18)16(13-6-5-7-14(17)9-13)19-10-11(2)8-12(19)3/h5-7,9,11-12,15-16H,4,8,10,18H2,1-3H3. The summed E-state index contributed by atoms with van der Waals surface area (Å²) in [6.45, 7) is 8.01. The number of hydrogen-bond acceptors (Lipinski definition) is 2. The molecule has 4 atom stereocenters. The molecule has 3 heteroatoms. The van der Waals surface area contributed by atoms with E-state index in [2.05, 4.69) is 65.9 Å². The summed E-state index contributed by atoms with van der Waals surface area (Å²) in [6.07, 6.45) is 2.29. The lowest BCUT2D eigenvalue weighted by molar-refractivity contribution is 0.160. The van der Waals surface area contributed by atoms with Crippen molar-refractivity contribution in [2.45, 2.75) is 51.7 Å². The highest BCUT2D eigenvalue weighted by atomic mass is 79.9. The maximum Gasteiger partial charge on any atom is 0.0502 e. The molecule has 0 aromatic heterocycles. The fourth-order valence-corrected chi connectivity index (χ4v) is 3.74. The third-order valence-corrected chi connectivity index (χ3v) is 4.75. The smallest absolute Gasteiger partial charge is 0.0502 e. The van der Waals surface area contributed by atoms with E-state index in [1.54, 1.807) is 0 Å². The Kier molecular flexibility index (Phi) is 5.04. The molecule has 1 aliphatic heterocycles. The van der Waals surface area contributed by atoms with Crippen molar-refractivity contribution in [2.75, 3.05) is 6.54 Å². The minimum Gasteiger partial charge on any atom is -0.326 e. The van der Waals surface area contributed by atoms with Crippen LogP contribution in [0, 0.1) is 5.92 Å². The van der Waals surface area contributed by atoms with Crippen LogP contribution in [0.4, 0.5) is 0 Å². The molecule has 4 unspecified atom stereocenters. The molecule has 1 heterocycles. The molecule has 0 saturated carbocycles. The van der Waals surface area contributed by atoms with Crippen LogP contribution in [0.2, 0.25) is 0 Å². The lowest BCUT2D eigenvalue weighted by atomic mass is 9.96. The van der Waals surface area contributed by atoms with Gasteiger partial charge in [-0.05, 0) is 43.4 Å². The van der Waals surface area contributed by atoms with Gasteiger partial charge in [-0.1, -0.05) is 41.9 Å². The predicted octanol–water partition coefficient (Wildman–Crippen LogP) is 3.96. The third kappa shape index (κ3) is 3.39. The minimum atomic E-state index is 0.196. The fraction of sp³-hybridized carbons (Fsp3) is 0.625. The Morgan fingerprint density at radius 3 is 2.68 bits per heavy atom. The van der Waals surface area contributed by atoms with Gasteiger partial charge in [0.2, 0.25) is 0 Å². The van der Waals surface area contributed by atoms with Gasteiger partial charge in [-0.25, -0.2) is 0 Å². The van der Waals surface area contributed by atoms with Crippen LogP contribution in [0.25, 0.3) is 0 Å². The Morgan fingerprint density at radius 1 is 1.42 bits per heavy atom. The van der Waals surface area contributed by atoms with Crippen LogP contribution >= 0.6 is 15.9 Å². The van der Waals surface area contributed by atoms with Crippen LogP contribution in [-0.4, -0.2) is 23.5 Å². The van der Waals surface area contributed by atoms with E-state index in [1.165, 1.54) is 12.0 Å². The lowest BCUT2D eigenvalue weighted by Crippen LogP contribution is -2.42. The van der Waals surface area contributed by atoms with Crippen molar-refractivity contribution in [1.82, 2.24) is 4.90 Å². The molecule has 1 saturated heterocycles. The van der Waals surface area contributed by atoms with Crippen LogP contribution < -0.4 is 5.73 Å². The van der Waals surface area contributed by atoms with Gasteiger partial charge in [-0.15, -0.1) is 0 Å². The number of halogens is 1. The van der Waals surface area contributed by atoms with Gasteiger partial charge in [0.15, 0.2) is 0 Å². The van der Waals surface area contributed by atoms with Gasteiger partial charge in [-0.3, -0.25) is 4.90 Å². The first-order valence-electron chi connectivity index (χ1n) is 7.29. The SMILES string of the molecule is CCC(N)C(c1cccc(Br)c1)N1CC(C)CC1C. The van der Waals surface area contributed by atoms with Crippen molar-refractivity contribution in [2.24, 2.45) is 11.7 Å². The van der Waals surface area contributed by atoms with Crippen molar-refractivity contribution in [3.8, 4) is 0 Å². The first-order chi connectivity index (χ1) is 9.02. The number of rotatable bonds is 4. The minimum absolute atomic E-state index is 0.196. The second-order valence-electron chi connectivity index (χ2n) is 5.96. The average molecular weight is 325 g/mol. The Hall–Kier alpha value is -0.380. The second kappa shape index (κ2) is 6.38. The quantitative estimate of drug-likeness (QED) is 0.908. The summed E-state index contributed by atoms with van der Waals surface area (Å²) in [4.78, 5) is 2.60. The van der Waals surface area contributed by atoms with Crippen molar-refractivity contribution in [3.05, 3.63) is 34.3 Å². The van der Waals surface area contributed by atoms with Crippen LogP contribution in [0.3, 0.4) is 0 Å². The molecule has 2 nitrogen and oxygen atoms in total. The molecule has 0 aliphatic carbocycles. The normalized spacial score (nSPS) is 27.4. The Morgan fingerprint density at radius 2 is 2.16 bits per heavy atom. The summed E-state index contributed by atoms with van der Waals surface area (Å²) in [5.41, 5.74) is 7.77. The predicted molar refractivity (Wildman–Crippen MR) is 85.1 cm³/mol. The maximum absolute atomic E-state index is 6.43. The van der Waals surface area contributed by atoms with E-state index in [-0.39, 0.29) is 6.04 Å². The molecule has 2 N–H and O–H groups in total. The summed E-state index contributed by atoms with van der Waals surface area (Å²) in [5, 5.41) is 0. The first kappa shape index (κ1) is 15.0. The van der Waals surface area contributed by atoms with Crippen molar-refractivity contribution in [1.29, 1.82) is 0 Å². The summed E-state index contributed by atoms with van der Waals surface area (Å²) >= 11 is 3.58. The van der Waals surface area contributed by atoms with Crippen LogP contribution in [-0.2, 0) is 0 Å². The molecule has 0 amide bonds. The summed E-state index contributed by atoms with van der Waals surface area (Å²) in [7, 11) is 0. The summed E-state index contributed by atoms with van der Waals surface area (Å²) in [6, 6.07) is 9.77. The van der Waals surface area contributed by atoms with Crippen LogP contribution in [0.15, 0.2) is 28.7 Å². The molecule has 2 rings (SSSR count). The van der Waals surface area contributed by atoms with Crippen molar-refractivity contribution < 1.29 is 0 Å². The molecule has 0 bridgehead atoms. The fourth-order valence-electron chi connectivity index (χ4n) is 3.32. The third-order valence-electron chi connectivity index (χ3n) is 4.26. The van der Waals surface area contributed by atoms with E-state index < -0.39 is 0 Å². The lowest BCUT2D eigenvalue weighted by Gasteiger charge is -2.35. The highest BCUT2D eigenvalue weighted by Crippen LogP contribution is 2.35. The van der Waals surface area contributed by atoms with Crippen molar-refractivity contribution in [3.63, 3.8) is 0 Å². The van der Waals surface area contributed by atoms with E-state index >= 15 is 0 Å². The van der Waals surface area contributed by atoms with Gasteiger partial charge in [0.25, 0.3) is 0 Å². The Bertz CT molecular complexity index is 421. The first-order valence-corrected chi connectivity index (χ1v) is 8.09. The molecule has 1 aromatic rings. The number of likely N-dealkylation sites (tertiary alicyclic amines) is 1. The van der Waals surface area contributed by atoms with E-state index in [0.717, 1.165) is 23.4 Å².